The zero-order chi connectivity index (χ0) is 26.2. The first kappa shape index (κ1) is 23.7. The predicted molar refractivity (Wildman–Crippen MR) is 133 cm³/mol. The van der Waals surface area contributed by atoms with Crippen molar-refractivity contribution in [3.8, 4) is 22.6 Å². The number of H-pyrrole nitrogens is 1. The summed E-state index contributed by atoms with van der Waals surface area (Å²) < 4.78 is 30.5. The number of fused-ring (bicyclic) bond motifs is 3. The maximum Gasteiger partial charge on any atom is 0.287 e. The highest BCUT2D eigenvalue weighted by Gasteiger charge is 2.51. The van der Waals surface area contributed by atoms with Gasteiger partial charge in [0.05, 0.1) is 12.3 Å². The van der Waals surface area contributed by atoms with Crippen LogP contribution in [-0.2, 0) is 18.3 Å². The number of nitrogens with zero attached hydrogens (tertiary/aromatic N) is 4. The number of nitrogens with one attached hydrogen (secondary N) is 1. The largest absolute Gasteiger partial charge is 0.756 e. The predicted octanol–water partition coefficient (Wildman–Crippen LogP) is 2.50. The van der Waals surface area contributed by atoms with E-state index in [0.717, 1.165) is 5.56 Å². The van der Waals surface area contributed by atoms with Crippen LogP contribution in [0.25, 0.3) is 39.6 Å². The van der Waals surface area contributed by atoms with Gasteiger partial charge < -0.3 is 28.8 Å². The summed E-state index contributed by atoms with van der Waals surface area (Å²) in [7, 11) is -4.59. The summed E-state index contributed by atoms with van der Waals surface area (Å²) in [5.41, 5.74) is 1.83. The summed E-state index contributed by atoms with van der Waals surface area (Å²) in [6, 6.07) is 16.2. The molecule has 0 amide bonds. The molecule has 2 aliphatic rings. The van der Waals surface area contributed by atoms with Crippen LogP contribution in [0.4, 0.5) is 0 Å². The molecule has 5 heterocycles. The molecule has 12 nitrogen and oxygen atoms in total. The molecule has 2 aromatic carbocycles. The van der Waals surface area contributed by atoms with Crippen molar-refractivity contribution < 1.29 is 28.3 Å². The van der Waals surface area contributed by atoms with Crippen LogP contribution in [0.3, 0.4) is 0 Å². The molecule has 5 atom stereocenters. The average Bonchev–Trinajstić information content (AvgIpc) is 3.59. The van der Waals surface area contributed by atoms with E-state index in [9.17, 15) is 19.4 Å². The maximum absolute atomic E-state index is 13.6. The molecule has 0 bridgehead atoms. The van der Waals surface area contributed by atoms with Crippen molar-refractivity contribution in [1.82, 2.24) is 23.9 Å². The smallest absolute Gasteiger partial charge is 0.287 e. The Morgan fingerprint density at radius 3 is 2.63 bits per heavy atom. The second-order valence-corrected chi connectivity index (χ2v) is 10.8. The zero-order valence-corrected chi connectivity index (χ0v) is 21.0. The number of phosphoric ester groups is 1. The van der Waals surface area contributed by atoms with E-state index >= 15 is 0 Å². The van der Waals surface area contributed by atoms with Crippen molar-refractivity contribution in [2.75, 3.05) is 6.61 Å². The SMILES string of the molecule is O=c1c2nc(-c3ccc(Cl)cc3)n([C@@H]3OC4COP(=O)([O-])O[C@H]4C3O)c2nc2[nH]c(-c3ccccc3)cn12. The van der Waals surface area contributed by atoms with Crippen molar-refractivity contribution in [1.29, 1.82) is 0 Å². The van der Waals surface area contributed by atoms with Gasteiger partial charge in [-0.15, -0.1) is 0 Å². The molecule has 3 aromatic heterocycles. The number of benzene rings is 2. The van der Waals surface area contributed by atoms with Crippen LogP contribution >= 0.6 is 19.4 Å². The van der Waals surface area contributed by atoms with Gasteiger partial charge in [-0.3, -0.25) is 13.9 Å². The molecule has 7 rings (SSSR count). The Bertz CT molecular complexity index is 1800. The van der Waals surface area contributed by atoms with E-state index in [-0.39, 0.29) is 29.4 Å². The lowest BCUT2D eigenvalue weighted by Gasteiger charge is -2.34. The highest BCUT2D eigenvalue weighted by atomic mass is 35.5. The van der Waals surface area contributed by atoms with Gasteiger partial charge in [-0.25, -0.2) is 9.38 Å². The molecule has 194 valence electrons. The Morgan fingerprint density at radius 1 is 1.11 bits per heavy atom. The van der Waals surface area contributed by atoms with Gasteiger partial charge in [0.2, 0.25) is 5.78 Å². The minimum atomic E-state index is -4.59. The Balaban J connectivity index is 1.44. The first-order valence-corrected chi connectivity index (χ1v) is 13.5. The third kappa shape index (κ3) is 3.73. The highest BCUT2D eigenvalue weighted by molar-refractivity contribution is 7.45. The molecule has 2 saturated heterocycles. The first-order valence-electron chi connectivity index (χ1n) is 11.6. The molecule has 0 aliphatic carbocycles. The monoisotopic (exact) mass is 554 g/mol. The first-order chi connectivity index (χ1) is 18.3. The lowest BCUT2D eigenvalue weighted by Crippen LogP contribution is -2.41. The molecule has 14 heteroatoms. The highest BCUT2D eigenvalue weighted by Crippen LogP contribution is 2.50. The standard InChI is InChI=1S/C24H19ClN5O7P/c25-14-8-6-13(7-9-14)20-27-17-21(30(20)23-18(31)19-16(36-23)11-35-38(33,34)37-19)28-24-26-15(10-29(24)22(17)32)12-4-2-1-3-5-12/h1-10,16,18-19,23,31H,11H2,(H,26,28)(H,33,34)/p-1/t16?,18?,19-,23-/m1/s1. The fourth-order valence-electron chi connectivity index (χ4n) is 4.88. The topological polar surface area (TPSA) is 156 Å². The molecule has 0 saturated carbocycles. The minimum Gasteiger partial charge on any atom is -0.756 e. The van der Waals surface area contributed by atoms with E-state index in [2.05, 4.69) is 15.0 Å². The van der Waals surface area contributed by atoms with Crippen molar-refractivity contribution in [2.45, 2.75) is 24.5 Å². The summed E-state index contributed by atoms with van der Waals surface area (Å²) in [5.74, 6) is 0.519. The number of aliphatic hydroxyl groups excluding tert-OH is 1. The number of ether oxygens (including phenoxy) is 1. The molecular formula is C24H18ClN5O7P-. The summed E-state index contributed by atoms with van der Waals surface area (Å²) in [6.45, 7) is -0.320. The molecule has 2 fully saturated rings. The third-order valence-corrected chi connectivity index (χ3v) is 7.87. The van der Waals surface area contributed by atoms with E-state index in [1.54, 1.807) is 30.5 Å². The lowest BCUT2D eigenvalue weighted by atomic mass is 10.1. The van der Waals surface area contributed by atoms with Crippen LogP contribution in [0.5, 0.6) is 0 Å². The maximum atomic E-state index is 13.6. The van der Waals surface area contributed by atoms with Gasteiger partial charge in [0, 0.05) is 16.8 Å². The van der Waals surface area contributed by atoms with Gasteiger partial charge in [0.1, 0.15) is 24.1 Å². The molecule has 0 spiro atoms. The van der Waals surface area contributed by atoms with Gasteiger partial charge >= 0.3 is 0 Å². The summed E-state index contributed by atoms with van der Waals surface area (Å²) >= 11 is 6.08. The van der Waals surface area contributed by atoms with Crippen molar-refractivity contribution >= 4 is 36.4 Å². The molecule has 2 N–H and O–H groups in total. The van der Waals surface area contributed by atoms with Crippen LogP contribution in [0.2, 0.25) is 5.02 Å². The summed E-state index contributed by atoms with van der Waals surface area (Å²) in [6.07, 6.45) is -3.04. The number of hydrogen-bond donors (Lipinski definition) is 2. The number of hydrogen-bond acceptors (Lipinski definition) is 9. The van der Waals surface area contributed by atoms with Crippen molar-refractivity contribution in [3.63, 3.8) is 0 Å². The van der Waals surface area contributed by atoms with Crippen molar-refractivity contribution in [2.24, 2.45) is 0 Å². The van der Waals surface area contributed by atoms with E-state index in [0.29, 0.717) is 16.3 Å². The molecule has 2 aliphatic heterocycles. The van der Waals surface area contributed by atoms with Crippen molar-refractivity contribution in [3.05, 3.63) is 76.2 Å². The van der Waals surface area contributed by atoms with Gasteiger partial charge in [-0.05, 0) is 29.8 Å². The number of halogens is 1. The van der Waals surface area contributed by atoms with Crippen LogP contribution in [0.15, 0.2) is 65.6 Å². The number of phosphoric acid groups is 1. The second kappa shape index (κ2) is 8.58. The van der Waals surface area contributed by atoms with Crippen LogP contribution in [0, 0.1) is 0 Å². The summed E-state index contributed by atoms with van der Waals surface area (Å²) in [4.78, 5) is 37.9. The Kier molecular flexibility index (Phi) is 5.36. The number of imidazole rings is 2. The number of rotatable bonds is 3. The van der Waals surface area contributed by atoms with E-state index < -0.39 is 37.9 Å². The number of aromatic nitrogens is 5. The van der Waals surface area contributed by atoms with Crippen LogP contribution in [0.1, 0.15) is 6.23 Å². The molecule has 0 radical (unpaired) electrons. The van der Waals surface area contributed by atoms with Gasteiger partial charge in [0.25, 0.3) is 13.4 Å². The van der Waals surface area contributed by atoms with Gasteiger partial charge in [-0.2, -0.15) is 4.98 Å². The summed E-state index contributed by atoms with van der Waals surface area (Å²) in [5, 5.41) is 11.6. The Morgan fingerprint density at radius 2 is 1.87 bits per heavy atom. The third-order valence-electron chi connectivity index (χ3n) is 6.65. The van der Waals surface area contributed by atoms with Crippen LogP contribution < -0.4 is 10.5 Å². The van der Waals surface area contributed by atoms with Gasteiger partial charge in [-0.1, -0.05) is 41.9 Å². The second-order valence-electron chi connectivity index (χ2n) is 9.00. The van der Waals surface area contributed by atoms with E-state index in [1.165, 1.54) is 8.97 Å². The number of aliphatic hydroxyl groups is 1. The Hall–Kier alpha value is -3.35. The fraction of sp³-hybridized carbons (Fsp3) is 0.208. The van der Waals surface area contributed by atoms with Crippen LogP contribution in [-0.4, -0.2) is 53.9 Å². The fourth-order valence-corrected chi connectivity index (χ4v) is 5.95. The zero-order valence-electron chi connectivity index (χ0n) is 19.3. The van der Waals surface area contributed by atoms with E-state index in [4.69, 9.17) is 25.4 Å². The van der Waals surface area contributed by atoms with Gasteiger partial charge in [0.15, 0.2) is 17.4 Å². The quantitative estimate of drug-likeness (QED) is 0.320. The normalized spacial score (nSPS) is 27.2. The molecule has 38 heavy (non-hydrogen) atoms. The molecule has 3 unspecified atom stereocenters. The average molecular weight is 555 g/mol. The molecule has 5 aromatic rings. The lowest BCUT2D eigenvalue weighted by molar-refractivity contribution is -0.245. The van der Waals surface area contributed by atoms with E-state index in [1.807, 2.05) is 30.3 Å². The number of aromatic amines is 1. The minimum absolute atomic E-state index is 0.0309. The Labute approximate surface area is 218 Å². The molecular weight excluding hydrogens is 537 g/mol.